The Kier molecular flexibility index (Phi) is 4.35. The van der Waals surface area contributed by atoms with Gasteiger partial charge in [0.25, 0.3) is 0 Å². The summed E-state index contributed by atoms with van der Waals surface area (Å²) in [5.74, 6) is -1.10. The van der Waals surface area contributed by atoms with Gasteiger partial charge in [-0.2, -0.15) is 0 Å². The van der Waals surface area contributed by atoms with Crippen molar-refractivity contribution in [2.24, 2.45) is 0 Å². The molecule has 1 aromatic rings. The normalized spacial score (nSPS) is 12.0. The number of rotatable bonds is 5. The van der Waals surface area contributed by atoms with Gasteiger partial charge in [0.05, 0.1) is 11.8 Å². The molecule has 0 radical (unpaired) electrons. The number of aliphatic carboxylic acids is 1. The van der Waals surface area contributed by atoms with Gasteiger partial charge in [-0.05, 0) is 33.3 Å². The maximum atomic E-state index is 12.4. The van der Waals surface area contributed by atoms with Crippen LogP contribution in [0.15, 0.2) is 30.3 Å². The van der Waals surface area contributed by atoms with Crippen LogP contribution in [0.5, 0.6) is 0 Å². The quantitative estimate of drug-likeness (QED) is 0.856. The molecule has 0 fully saturated rings. The molecule has 0 unspecified atom stereocenters. The van der Waals surface area contributed by atoms with E-state index in [1.54, 1.807) is 13.8 Å². The van der Waals surface area contributed by atoms with Crippen LogP contribution in [-0.2, 0) is 15.0 Å². The third-order valence-corrected chi connectivity index (χ3v) is 3.11. The lowest BCUT2D eigenvalue weighted by Gasteiger charge is -2.31. The summed E-state index contributed by atoms with van der Waals surface area (Å²) < 4.78 is 0. The van der Waals surface area contributed by atoms with Crippen molar-refractivity contribution in [2.75, 3.05) is 0 Å². The van der Waals surface area contributed by atoms with Crippen molar-refractivity contribution in [1.29, 1.82) is 0 Å². The van der Waals surface area contributed by atoms with Gasteiger partial charge in [-0.3, -0.25) is 9.59 Å². The Labute approximate surface area is 113 Å². The van der Waals surface area contributed by atoms with Crippen LogP contribution < -0.4 is 5.32 Å². The molecular formula is C15H21NO3. The van der Waals surface area contributed by atoms with E-state index in [9.17, 15) is 9.59 Å². The summed E-state index contributed by atoms with van der Waals surface area (Å²) in [6.07, 6.45) is -0.108. The van der Waals surface area contributed by atoms with Crippen molar-refractivity contribution in [3.63, 3.8) is 0 Å². The van der Waals surface area contributed by atoms with Crippen molar-refractivity contribution in [3.05, 3.63) is 35.9 Å². The number of carbonyl (C=O) groups is 2. The number of carboxylic acid groups (broad SMARTS) is 1. The minimum absolute atomic E-state index is 0.108. The third kappa shape index (κ3) is 4.09. The van der Waals surface area contributed by atoms with Crippen molar-refractivity contribution >= 4 is 11.9 Å². The van der Waals surface area contributed by atoms with E-state index in [1.807, 2.05) is 44.2 Å². The van der Waals surface area contributed by atoms with Crippen LogP contribution in [0, 0.1) is 0 Å². The molecule has 0 aliphatic heterocycles. The average Bonchev–Trinajstić information content (AvgIpc) is 2.27. The molecular weight excluding hydrogens is 242 g/mol. The molecule has 1 amide bonds. The Bertz CT molecular complexity index is 464. The lowest BCUT2D eigenvalue weighted by Crippen LogP contribution is -2.51. The predicted molar refractivity (Wildman–Crippen MR) is 73.9 cm³/mol. The van der Waals surface area contributed by atoms with E-state index in [1.165, 1.54) is 0 Å². The summed E-state index contributed by atoms with van der Waals surface area (Å²) in [7, 11) is 0. The number of benzene rings is 1. The molecule has 104 valence electrons. The Morgan fingerprint density at radius 1 is 1.11 bits per heavy atom. The van der Waals surface area contributed by atoms with Gasteiger partial charge in [-0.1, -0.05) is 30.3 Å². The van der Waals surface area contributed by atoms with Crippen LogP contribution in [0.3, 0.4) is 0 Å². The Hall–Kier alpha value is -1.84. The Morgan fingerprint density at radius 3 is 2.11 bits per heavy atom. The molecule has 1 aromatic carbocycles. The fourth-order valence-corrected chi connectivity index (χ4v) is 1.87. The van der Waals surface area contributed by atoms with Gasteiger partial charge in [-0.15, -0.1) is 0 Å². The number of nitrogens with one attached hydrogen (secondary N) is 1. The minimum atomic E-state index is -0.928. The van der Waals surface area contributed by atoms with Crippen LogP contribution in [-0.4, -0.2) is 22.5 Å². The molecule has 0 saturated heterocycles. The second-order valence-electron chi connectivity index (χ2n) is 5.90. The van der Waals surface area contributed by atoms with E-state index in [0.29, 0.717) is 0 Å². The van der Waals surface area contributed by atoms with Crippen molar-refractivity contribution in [3.8, 4) is 0 Å². The number of carboxylic acids is 1. The van der Waals surface area contributed by atoms with Crippen LogP contribution in [0.2, 0.25) is 0 Å². The largest absolute Gasteiger partial charge is 0.481 e. The smallest absolute Gasteiger partial charge is 0.305 e. The molecule has 0 saturated carbocycles. The summed E-state index contributed by atoms with van der Waals surface area (Å²) in [6.45, 7) is 7.07. The molecule has 0 aliphatic carbocycles. The summed E-state index contributed by atoms with van der Waals surface area (Å²) in [5, 5.41) is 11.6. The highest BCUT2D eigenvalue weighted by atomic mass is 16.4. The van der Waals surface area contributed by atoms with Gasteiger partial charge in [0.2, 0.25) is 5.91 Å². The fourth-order valence-electron chi connectivity index (χ4n) is 1.87. The molecule has 0 spiro atoms. The van der Waals surface area contributed by atoms with Gasteiger partial charge >= 0.3 is 5.97 Å². The van der Waals surface area contributed by atoms with Crippen LogP contribution in [0.1, 0.15) is 39.7 Å². The number of amides is 1. The first-order valence-corrected chi connectivity index (χ1v) is 6.25. The van der Waals surface area contributed by atoms with E-state index >= 15 is 0 Å². The zero-order chi connectivity index (χ0) is 14.7. The van der Waals surface area contributed by atoms with Gasteiger partial charge in [-0.25, -0.2) is 0 Å². The summed E-state index contributed by atoms with van der Waals surface area (Å²) >= 11 is 0. The highest BCUT2D eigenvalue weighted by molar-refractivity contribution is 5.88. The monoisotopic (exact) mass is 263 g/mol. The van der Waals surface area contributed by atoms with Gasteiger partial charge in [0, 0.05) is 5.54 Å². The molecule has 4 nitrogen and oxygen atoms in total. The highest BCUT2D eigenvalue weighted by Gasteiger charge is 2.34. The van der Waals surface area contributed by atoms with Crippen molar-refractivity contribution < 1.29 is 14.7 Å². The van der Waals surface area contributed by atoms with E-state index < -0.39 is 16.9 Å². The van der Waals surface area contributed by atoms with Crippen LogP contribution >= 0.6 is 0 Å². The average molecular weight is 263 g/mol. The maximum Gasteiger partial charge on any atom is 0.305 e. The molecule has 0 atom stereocenters. The first kappa shape index (κ1) is 15.2. The lowest BCUT2D eigenvalue weighted by molar-refractivity contribution is -0.139. The predicted octanol–water partition coefficient (Wildman–Crippen LogP) is 2.33. The van der Waals surface area contributed by atoms with E-state index in [0.717, 1.165) is 5.56 Å². The number of carbonyl (C=O) groups excluding carboxylic acids is 1. The molecule has 0 aliphatic rings. The van der Waals surface area contributed by atoms with Crippen molar-refractivity contribution in [2.45, 2.75) is 45.1 Å². The summed E-state index contributed by atoms with van der Waals surface area (Å²) in [4.78, 5) is 23.1. The van der Waals surface area contributed by atoms with Gasteiger partial charge in [0.1, 0.15) is 0 Å². The van der Waals surface area contributed by atoms with E-state index in [2.05, 4.69) is 5.32 Å². The lowest BCUT2D eigenvalue weighted by atomic mass is 9.82. The second-order valence-corrected chi connectivity index (χ2v) is 5.90. The fraction of sp³-hybridized carbons (Fsp3) is 0.467. The molecule has 0 heterocycles. The van der Waals surface area contributed by atoms with E-state index in [-0.39, 0.29) is 12.3 Å². The zero-order valence-electron chi connectivity index (χ0n) is 11.9. The highest BCUT2D eigenvalue weighted by Crippen LogP contribution is 2.24. The van der Waals surface area contributed by atoms with E-state index in [4.69, 9.17) is 5.11 Å². The third-order valence-electron chi connectivity index (χ3n) is 3.11. The van der Waals surface area contributed by atoms with Gasteiger partial charge in [0.15, 0.2) is 0 Å². The first-order valence-electron chi connectivity index (χ1n) is 6.25. The number of hydrogen-bond donors (Lipinski definition) is 2. The molecule has 19 heavy (non-hydrogen) atoms. The summed E-state index contributed by atoms with van der Waals surface area (Å²) in [6, 6.07) is 9.44. The van der Waals surface area contributed by atoms with Crippen molar-refractivity contribution in [1.82, 2.24) is 5.32 Å². The SMILES string of the molecule is CC(C)(CC(=O)O)NC(=O)C(C)(C)c1ccccc1. The number of hydrogen-bond acceptors (Lipinski definition) is 2. The minimum Gasteiger partial charge on any atom is -0.481 e. The zero-order valence-corrected chi connectivity index (χ0v) is 11.9. The Morgan fingerprint density at radius 2 is 1.63 bits per heavy atom. The first-order chi connectivity index (χ1) is 8.65. The molecule has 0 aromatic heterocycles. The topological polar surface area (TPSA) is 66.4 Å². The summed E-state index contributed by atoms with van der Waals surface area (Å²) in [5.41, 5.74) is -0.565. The Balaban J connectivity index is 2.86. The standard InChI is InChI=1S/C15H21NO3/c1-14(2,10-12(17)18)16-13(19)15(3,4)11-8-6-5-7-9-11/h5-9H,10H2,1-4H3,(H,16,19)(H,17,18). The molecule has 0 bridgehead atoms. The van der Waals surface area contributed by atoms with Crippen LogP contribution in [0.25, 0.3) is 0 Å². The molecule has 4 heteroatoms. The van der Waals surface area contributed by atoms with Crippen LogP contribution in [0.4, 0.5) is 0 Å². The second kappa shape index (κ2) is 5.43. The molecule has 2 N–H and O–H groups in total. The van der Waals surface area contributed by atoms with Gasteiger partial charge < -0.3 is 10.4 Å². The molecule has 1 rings (SSSR count). The maximum absolute atomic E-state index is 12.4.